The van der Waals surface area contributed by atoms with Crippen LogP contribution in [0.2, 0.25) is 0 Å². The number of rotatable bonds is 6. The van der Waals surface area contributed by atoms with Crippen LogP contribution < -0.4 is 0 Å². The number of benzene rings is 1. The summed E-state index contributed by atoms with van der Waals surface area (Å²) in [5.41, 5.74) is 4.17. The number of hydrogen-bond donors (Lipinski definition) is 0. The Kier molecular flexibility index (Phi) is 5.63. The number of thiazole rings is 1. The molecule has 4 rings (SSSR count). The molecule has 1 amide bonds. The lowest BCUT2D eigenvalue weighted by Crippen LogP contribution is -2.30. The second kappa shape index (κ2) is 8.34. The van der Waals surface area contributed by atoms with Gasteiger partial charge in [0.25, 0.3) is 0 Å². The fourth-order valence-electron chi connectivity index (χ4n) is 4.20. The summed E-state index contributed by atoms with van der Waals surface area (Å²) in [6, 6.07) is 10.4. The quantitative estimate of drug-likeness (QED) is 0.610. The molecule has 1 aliphatic heterocycles. The van der Waals surface area contributed by atoms with Gasteiger partial charge in [-0.05, 0) is 50.8 Å². The summed E-state index contributed by atoms with van der Waals surface area (Å²) in [6.45, 7) is 5.41. The zero-order valence-electron chi connectivity index (χ0n) is 16.9. The number of para-hydroxylation sites is 1. The van der Waals surface area contributed by atoms with Crippen LogP contribution in [0.15, 0.2) is 24.3 Å². The van der Waals surface area contributed by atoms with Crippen LogP contribution in [0.1, 0.15) is 53.7 Å². The van der Waals surface area contributed by atoms with E-state index in [0.717, 1.165) is 46.9 Å². The van der Waals surface area contributed by atoms with E-state index in [1.165, 1.54) is 4.70 Å². The predicted octanol–water partition coefficient (Wildman–Crippen LogP) is 4.32. The second-order valence-electron chi connectivity index (χ2n) is 7.55. The summed E-state index contributed by atoms with van der Waals surface area (Å²) in [4.78, 5) is 19.9. The molecule has 0 spiro atoms. The molecule has 0 saturated carbocycles. The number of amides is 1. The summed E-state index contributed by atoms with van der Waals surface area (Å²) < 4.78 is 3.07. The highest BCUT2D eigenvalue weighted by atomic mass is 32.1. The third-order valence-electron chi connectivity index (χ3n) is 5.72. The molecule has 1 saturated heterocycles. The van der Waals surface area contributed by atoms with Gasteiger partial charge in [0.05, 0.1) is 41.0 Å². The molecule has 0 aliphatic carbocycles. The number of likely N-dealkylation sites (tertiary alicyclic amines) is 1. The van der Waals surface area contributed by atoms with E-state index in [0.29, 0.717) is 25.8 Å². The maximum Gasteiger partial charge on any atom is 0.223 e. The number of aryl methyl sites for hydroxylation is 2. The van der Waals surface area contributed by atoms with E-state index in [2.05, 4.69) is 17.2 Å². The standard InChI is InChI=1S/C22H25N5OS/c1-15-17(16(2)27(25-15)14-6-12-23)10-11-21(28)26-13-5-8-19(26)22-24-18-7-3-4-9-20(18)29-22/h3-4,7,9,19H,5-6,8,10-11,13-14H2,1-2H3. The van der Waals surface area contributed by atoms with Gasteiger partial charge in [0.15, 0.2) is 0 Å². The van der Waals surface area contributed by atoms with Crippen molar-refractivity contribution in [2.45, 2.75) is 58.5 Å². The molecule has 3 heterocycles. The summed E-state index contributed by atoms with van der Waals surface area (Å²) in [6.07, 6.45) is 3.61. The highest BCUT2D eigenvalue weighted by molar-refractivity contribution is 7.18. The van der Waals surface area contributed by atoms with Crippen LogP contribution in [-0.2, 0) is 17.8 Å². The number of carbonyl (C=O) groups is 1. The Morgan fingerprint density at radius 1 is 1.34 bits per heavy atom. The zero-order valence-corrected chi connectivity index (χ0v) is 17.7. The van der Waals surface area contributed by atoms with Crippen molar-refractivity contribution >= 4 is 27.5 Å². The molecular formula is C22H25N5OS. The first kappa shape index (κ1) is 19.6. The summed E-state index contributed by atoms with van der Waals surface area (Å²) in [5.74, 6) is 0.190. The van der Waals surface area contributed by atoms with Crippen molar-refractivity contribution in [1.82, 2.24) is 19.7 Å². The lowest BCUT2D eigenvalue weighted by molar-refractivity contribution is -0.132. The summed E-state index contributed by atoms with van der Waals surface area (Å²) in [5, 5.41) is 14.4. The Balaban J connectivity index is 1.45. The number of carbonyl (C=O) groups excluding carboxylic acids is 1. The van der Waals surface area contributed by atoms with Crippen molar-refractivity contribution in [3.8, 4) is 6.07 Å². The molecule has 0 N–H and O–H groups in total. The smallest absolute Gasteiger partial charge is 0.223 e. The van der Waals surface area contributed by atoms with Crippen LogP contribution >= 0.6 is 11.3 Å². The summed E-state index contributed by atoms with van der Waals surface area (Å²) in [7, 11) is 0. The van der Waals surface area contributed by atoms with Gasteiger partial charge in [0.1, 0.15) is 5.01 Å². The van der Waals surface area contributed by atoms with E-state index in [4.69, 9.17) is 10.2 Å². The van der Waals surface area contributed by atoms with Crippen LogP contribution in [0.4, 0.5) is 0 Å². The molecule has 0 radical (unpaired) electrons. The highest BCUT2D eigenvalue weighted by Crippen LogP contribution is 2.36. The molecule has 0 bridgehead atoms. The average Bonchev–Trinajstić information content (AvgIpc) is 3.42. The van der Waals surface area contributed by atoms with Crippen molar-refractivity contribution in [1.29, 1.82) is 5.26 Å². The van der Waals surface area contributed by atoms with Gasteiger partial charge in [0.2, 0.25) is 5.91 Å². The van der Waals surface area contributed by atoms with Gasteiger partial charge in [-0.15, -0.1) is 11.3 Å². The monoisotopic (exact) mass is 407 g/mol. The van der Waals surface area contributed by atoms with Gasteiger partial charge in [0, 0.05) is 18.7 Å². The normalized spacial score (nSPS) is 16.4. The van der Waals surface area contributed by atoms with Crippen LogP contribution in [0, 0.1) is 25.2 Å². The average molecular weight is 408 g/mol. The molecule has 1 atom stereocenters. The summed E-state index contributed by atoms with van der Waals surface area (Å²) >= 11 is 1.70. The van der Waals surface area contributed by atoms with Crippen molar-refractivity contribution in [2.24, 2.45) is 0 Å². The number of nitrogens with zero attached hydrogens (tertiary/aromatic N) is 5. The minimum Gasteiger partial charge on any atom is -0.333 e. The number of fused-ring (bicyclic) bond motifs is 1. The zero-order chi connectivity index (χ0) is 20.4. The van der Waals surface area contributed by atoms with Crippen molar-refractivity contribution < 1.29 is 4.79 Å². The van der Waals surface area contributed by atoms with Gasteiger partial charge in [-0.25, -0.2) is 4.98 Å². The topological polar surface area (TPSA) is 74.8 Å². The molecule has 1 aromatic carbocycles. The Morgan fingerprint density at radius 3 is 2.97 bits per heavy atom. The van der Waals surface area contributed by atoms with Crippen molar-refractivity contribution in [3.63, 3.8) is 0 Å². The Bertz CT molecular complexity index is 1040. The lowest BCUT2D eigenvalue weighted by Gasteiger charge is -2.23. The van der Waals surface area contributed by atoms with Crippen LogP contribution in [0.25, 0.3) is 10.2 Å². The van der Waals surface area contributed by atoms with Gasteiger partial charge < -0.3 is 4.90 Å². The number of nitriles is 1. The number of aromatic nitrogens is 3. The third kappa shape index (κ3) is 3.90. The van der Waals surface area contributed by atoms with Gasteiger partial charge in [-0.3, -0.25) is 9.48 Å². The SMILES string of the molecule is Cc1nn(CCC#N)c(C)c1CCC(=O)N1CCCC1c1nc2ccccc2s1. The van der Waals surface area contributed by atoms with Crippen LogP contribution in [-0.4, -0.2) is 32.1 Å². The molecule has 29 heavy (non-hydrogen) atoms. The minimum absolute atomic E-state index is 0.0976. The largest absolute Gasteiger partial charge is 0.333 e. The maximum atomic E-state index is 13.1. The Labute approximate surface area is 174 Å². The first-order valence-corrected chi connectivity index (χ1v) is 10.9. The number of hydrogen-bond acceptors (Lipinski definition) is 5. The molecule has 3 aromatic rings. The Hall–Kier alpha value is -2.72. The second-order valence-corrected chi connectivity index (χ2v) is 8.61. The minimum atomic E-state index is 0.0976. The fraction of sp³-hybridized carbons (Fsp3) is 0.455. The first-order chi connectivity index (χ1) is 14.1. The first-order valence-electron chi connectivity index (χ1n) is 10.1. The maximum absolute atomic E-state index is 13.1. The van der Waals surface area contributed by atoms with Gasteiger partial charge in [-0.1, -0.05) is 12.1 Å². The van der Waals surface area contributed by atoms with E-state index in [1.807, 2.05) is 41.6 Å². The van der Waals surface area contributed by atoms with Crippen LogP contribution in [0.3, 0.4) is 0 Å². The van der Waals surface area contributed by atoms with Gasteiger partial charge >= 0.3 is 0 Å². The third-order valence-corrected chi connectivity index (χ3v) is 6.86. The predicted molar refractivity (Wildman–Crippen MR) is 114 cm³/mol. The van der Waals surface area contributed by atoms with E-state index in [1.54, 1.807) is 11.3 Å². The highest BCUT2D eigenvalue weighted by Gasteiger charge is 2.32. The van der Waals surface area contributed by atoms with E-state index in [9.17, 15) is 4.79 Å². The molecule has 7 heteroatoms. The molecular weight excluding hydrogens is 382 g/mol. The Morgan fingerprint density at radius 2 is 2.17 bits per heavy atom. The van der Waals surface area contributed by atoms with Gasteiger partial charge in [-0.2, -0.15) is 10.4 Å². The molecule has 2 aromatic heterocycles. The van der Waals surface area contributed by atoms with Crippen LogP contribution in [0.5, 0.6) is 0 Å². The molecule has 150 valence electrons. The van der Waals surface area contributed by atoms with Crippen molar-refractivity contribution in [3.05, 3.63) is 46.2 Å². The van der Waals surface area contributed by atoms with E-state index < -0.39 is 0 Å². The van der Waals surface area contributed by atoms with E-state index >= 15 is 0 Å². The molecule has 1 fully saturated rings. The van der Waals surface area contributed by atoms with Crippen molar-refractivity contribution in [2.75, 3.05) is 6.54 Å². The van der Waals surface area contributed by atoms with E-state index in [-0.39, 0.29) is 11.9 Å². The molecule has 1 aliphatic rings. The molecule has 1 unspecified atom stereocenters. The fourth-order valence-corrected chi connectivity index (χ4v) is 5.31. The molecule has 6 nitrogen and oxygen atoms in total. The lowest BCUT2D eigenvalue weighted by atomic mass is 10.1.